The topological polar surface area (TPSA) is 74.5 Å². The van der Waals surface area contributed by atoms with Gasteiger partial charge < -0.3 is 19.3 Å². The minimum absolute atomic E-state index is 0.230. The number of hydrogen-bond donors (Lipinski definition) is 0. The third-order valence-electron chi connectivity index (χ3n) is 4.91. The zero-order valence-electron chi connectivity index (χ0n) is 13.3. The van der Waals surface area contributed by atoms with Gasteiger partial charge in [-0.2, -0.15) is 5.26 Å². The highest BCUT2D eigenvalue weighted by atomic mass is 16.5. The van der Waals surface area contributed by atoms with Crippen LogP contribution in [0.2, 0.25) is 0 Å². The molecule has 7 nitrogen and oxygen atoms in total. The molecule has 0 saturated carbocycles. The van der Waals surface area contributed by atoms with E-state index >= 15 is 0 Å². The number of aromatic nitrogens is 2. The maximum Gasteiger partial charge on any atom is 0.186 e. The SMILES string of the molecule is CC1COCCN1c1cc(N2CC3CCC(C2)O3)nnc1C#N. The Hall–Kier alpha value is -1.91. The van der Waals surface area contributed by atoms with E-state index in [2.05, 4.69) is 33.0 Å². The summed E-state index contributed by atoms with van der Waals surface area (Å²) >= 11 is 0. The number of rotatable bonds is 2. The van der Waals surface area contributed by atoms with Gasteiger partial charge in [0.1, 0.15) is 6.07 Å². The number of ether oxygens (including phenoxy) is 2. The predicted molar refractivity (Wildman–Crippen MR) is 84.5 cm³/mol. The highest BCUT2D eigenvalue weighted by Gasteiger charge is 2.35. The first-order valence-corrected chi connectivity index (χ1v) is 8.27. The van der Waals surface area contributed by atoms with Crippen molar-refractivity contribution in [1.29, 1.82) is 5.26 Å². The van der Waals surface area contributed by atoms with Gasteiger partial charge in [0.15, 0.2) is 11.5 Å². The van der Waals surface area contributed by atoms with Gasteiger partial charge >= 0.3 is 0 Å². The molecule has 3 fully saturated rings. The number of fused-ring (bicyclic) bond motifs is 2. The van der Waals surface area contributed by atoms with Crippen LogP contribution < -0.4 is 9.80 Å². The Morgan fingerprint density at radius 3 is 2.74 bits per heavy atom. The fourth-order valence-corrected chi connectivity index (χ4v) is 3.71. The lowest BCUT2D eigenvalue weighted by Gasteiger charge is -2.36. The molecule has 1 aromatic heterocycles. The Balaban J connectivity index is 1.64. The lowest BCUT2D eigenvalue weighted by Crippen LogP contribution is -2.45. The van der Waals surface area contributed by atoms with Gasteiger partial charge in [-0.15, -0.1) is 10.2 Å². The molecular weight excluding hydrogens is 294 g/mol. The molecule has 3 unspecified atom stereocenters. The van der Waals surface area contributed by atoms with Gasteiger partial charge in [0.05, 0.1) is 31.1 Å². The van der Waals surface area contributed by atoms with E-state index in [9.17, 15) is 5.26 Å². The molecule has 122 valence electrons. The molecule has 0 amide bonds. The summed E-state index contributed by atoms with van der Waals surface area (Å²) in [6.07, 6.45) is 2.85. The van der Waals surface area contributed by atoms with E-state index in [1.165, 1.54) is 0 Å². The Kier molecular flexibility index (Phi) is 3.79. The van der Waals surface area contributed by atoms with E-state index in [1.807, 2.05) is 6.07 Å². The van der Waals surface area contributed by atoms with Gasteiger partial charge in [-0.05, 0) is 19.8 Å². The summed E-state index contributed by atoms with van der Waals surface area (Å²) in [6.45, 7) is 5.94. The predicted octanol–water partition coefficient (Wildman–Crippen LogP) is 0.941. The van der Waals surface area contributed by atoms with Crippen LogP contribution in [-0.4, -0.2) is 61.3 Å². The molecule has 0 aromatic carbocycles. The van der Waals surface area contributed by atoms with Gasteiger partial charge in [-0.3, -0.25) is 0 Å². The van der Waals surface area contributed by atoms with Crippen LogP contribution in [0, 0.1) is 11.3 Å². The van der Waals surface area contributed by atoms with E-state index in [0.29, 0.717) is 31.1 Å². The first-order valence-electron chi connectivity index (χ1n) is 8.27. The van der Waals surface area contributed by atoms with Crippen molar-refractivity contribution in [2.75, 3.05) is 42.6 Å². The molecule has 2 bridgehead atoms. The highest BCUT2D eigenvalue weighted by Crippen LogP contribution is 2.31. The van der Waals surface area contributed by atoms with Crippen molar-refractivity contribution in [1.82, 2.24) is 10.2 Å². The van der Waals surface area contributed by atoms with Crippen molar-refractivity contribution >= 4 is 11.5 Å². The average Bonchev–Trinajstić information content (AvgIpc) is 2.93. The van der Waals surface area contributed by atoms with Crippen LogP contribution in [0.15, 0.2) is 6.07 Å². The third kappa shape index (κ3) is 2.73. The molecule has 3 aliphatic heterocycles. The summed E-state index contributed by atoms with van der Waals surface area (Å²) in [5, 5.41) is 17.9. The molecule has 0 spiro atoms. The van der Waals surface area contributed by atoms with Gasteiger partial charge in [0, 0.05) is 31.7 Å². The minimum atomic E-state index is 0.230. The summed E-state index contributed by atoms with van der Waals surface area (Å²) in [6, 6.07) is 4.42. The van der Waals surface area contributed by atoms with Gasteiger partial charge in [-0.1, -0.05) is 0 Å². The van der Waals surface area contributed by atoms with Crippen LogP contribution in [0.3, 0.4) is 0 Å². The molecule has 7 heteroatoms. The lowest BCUT2D eigenvalue weighted by molar-refractivity contribution is 0.0301. The smallest absolute Gasteiger partial charge is 0.186 e. The van der Waals surface area contributed by atoms with Crippen molar-refractivity contribution in [3.05, 3.63) is 11.8 Å². The van der Waals surface area contributed by atoms with Crippen LogP contribution >= 0.6 is 0 Å². The van der Waals surface area contributed by atoms with Gasteiger partial charge in [-0.25, -0.2) is 0 Å². The molecular formula is C16H21N5O2. The van der Waals surface area contributed by atoms with Crippen LogP contribution in [0.4, 0.5) is 11.5 Å². The van der Waals surface area contributed by atoms with E-state index in [1.54, 1.807) is 0 Å². The summed E-state index contributed by atoms with van der Waals surface area (Å²) in [5.74, 6) is 0.845. The van der Waals surface area contributed by atoms with Crippen molar-refractivity contribution in [2.45, 2.75) is 38.0 Å². The largest absolute Gasteiger partial charge is 0.377 e. The standard InChI is InChI=1S/C16H21N5O2/c1-11-10-22-5-4-21(11)15-6-16(19-18-14(15)7-17)20-8-12-2-3-13(9-20)23-12/h6,11-13H,2-5,8-10H2,1H3. The van der Waals surface area contributed by atoms with E-state index in [4.69, 9.17) is 9.47 Å². The highest BCUT2D eigenvalue weighted by molar-refractivity contribution is 5.62. The first-order chi connectivity index (χ1) is 11.2. The summed E-state index contributed by atoms with van der Waals surface area (Å²) in [7, 11) is 0. The van der Waals surface area contributed by atoms with Gasteiger partial charge in [0.2, 0.25) is 0 Å². The first kappa shape index (κ1) is 14.7. The molecule has 3 aliphatic rings. The lowest BCUT2D eigenvalue weighted by atomic mass is 10.2. The second-order valence-electron chi connectivity index (χ2n) is 6.53. The molecule has 23 heavy (non-hydrogen) atoms. The molecule has 0 N–H and O–H groups in total. The molecule has 0 aliphatic carbocycles. The molecule has 0 radical (unpaired) electrons. The molecule has 4 rings (SSSR count). The zero-order valence-corrected chi connectivity index (χ0v) is 13.3. The third-order valence-corrected chi connectivity index (χ3v) is 4.91. The summed E-state index contributed by atoms with van der Waals surface area (Å²) in [5.41, 5.74) is 1.26. The second kappa shape index (κ2) is 5.95. The quantitative estimate of drug-likeness (QED) is 0.804. The van der Waals surface area contributed by atoms with Crippen LogP contribution in [0.1, 0.15) is 25.5 Å². The molecule has 3 saturated heterocycles. The number of anilines is 2. The number of nitrogens with zero attached hydrogens (tertiary/aromatic N) is 5. The van der Waals surface area contributed by atoms with Gasteiger partial charge in [0.25, 0.3) is 0 Å². The Morgan fingerprint density at radius 1 is 1.26 bits per heavy atom. The Morgan fingerprint density at radius 2 is 2.04 bits per heavy atom. The van der Waals surface area contributed by atoms with Crippen LogP contribution in [0.5, 0.6) is 0 Å². The maximum atomic E-state index is 9.39. The summed E-state index contributed by atoms with van der Waals surface area (Å²) < 4.78 is 11.4. The van der Waals surface area contributed by atoms with Crippen molar-refractivity contribution in [3.8, 4) is 6.07 Å². The maximum absolute atomic E-state index is 9.39. The molecule has 4 heterocycles. The van der Waals surface area contributed by atoms with E-state index in [-0.39, 0.29) is 6.04 Å². The van der Waals surface area contributed by atoms with Crippen LogP contribution in [-0.2, 0) is 9.47 Å². The fourth-order valence-electron chi connectivity index (χ4n) is 3.71. The number of nitriles is 1. The Labute approximate surface area is 135 Å². The normalized spacial score (nSPS) is 30.3. The van der Waals surface area contributed by atoms with Crippen molar-refractivity contribution < 1.29 is 9.47 Å². The van der Waals surface area contributed by atoms with Crippen molar-refractivity contribution in [3.63, 3.8) is 0 Å². The second-order valence-corrected chi connectivity index (χ2v) is 6.53. The van der Waals surface area contributed by atoms with Crippen LogP contribution in [0.25, 0.3) is 0 Å². The van der Waals surface area contributed by atoms with Crippen molar-refractivity contribution in [2.24, 2.45) is 0 Å². The number of hydrogen-bond acceptors (Lipinski definition) is 7. The summed E-state index contributed by atoms with van der Waals surface area (Å²) in [4.78, 5) is 4.45. The van der Waals surface area contributed by atoms with E-state index < -0.39 is 0 Å². The monoisotopic (exact) mass is 315 g/mol. The Bertz CT molecular complexity index is 619. The fraction of sp³-hybridized carbons (Fsp3) is 0.688. The van der Waals surface area contributed by atoms with E-state index in [0.717, 1.165) is 44.0 Å². The average molecular weight is 315 g/mol. The zero-order chi connectivity index (χ0) is 15.8. The number of morpholine rings is 2. The minimum Gasteiger partial charge on any atom is -0.377 e. The molecule has 1 aromatic rings. The molecule has 3 atom stereocenters.